The summed E-state index contributed by atoms with van der Waals surface area (Å²) in [4.78, 5) is 2.05. The molecule has 1 aromatic rings. The molecular weight excluding hydrogens is 158 g/mol. The van der Waals surface area contributed by atoms with Crippen molar-refractivity contribution in [2.75, 3.05) is 11.9 Å². The van der Waals surface area contributed by atoms with E-state index in [2.05, 4.69) is 43.5 Å². The standard InChI is InChI=1S/C12H17N/c1-5-11-8-7-9-12(10(11)3)13(4)6-2/h6-9H,2,5H2,1,3-4H3. The first-order valence-electron chi connectivity index (χ1n) is 4.64. The van der Waals surface area contributed by atoms with Crippen LogP contribution >= 0.6 is 0 Å². The molecule has 0 unspecified atom stereocenters. The summed E-state index contributed by atoms with van der Waals surface area (Å²) in [5, 5.41) is 0. The van der Waals surface area contributed by atoms with Gasteiger partial charge in [0, 0.05) is 12.7 Å². The molecule has 0 aromatic heterocycles. The first-order valence-corrected chi connectivity index (χ1v) is 4.64. The van der Waals surface area contributed by atoms with Crippen molar-refractivity contribution in [2.24, 2.45) is 0 Å². The minimum Gasteiger partial charge on any atom is -0.351 e. The van der Waals surface area contributed by atoms with Crippen molar-refractivity contribution in [3.8, 4) is 0 Å². The molecule has 0 aliphatic carbocycles. The maximum atomic E-state index is 3.76. The highest BCUT2D eigenvalue weighted by Gasteiger charge is 2.03. The Kier molecular flexibility index (Phi) is 3.13. The summed E-state index contributed by atoms with van der Waals surface area (Å²) >= 11 is 0. The Bertz CT molecular complexity index is 302. The van der Waals surface area contributed by atoms with E-state index in [-0.39, 0.29) is 0 Å². The quantitative estimate of drug-likeness (QED) is 0.682. The van der Waals surface area contributed by atoms with E-state index in [0.29, 0.717) is 0 Å². The van der Waals surface area contributed by atoms with E-state index in [4.69, 9.17) is 0 Å². The second-order valence-electron chi connectivity index (χ2n) is 3.21. The Morgan fingerprint density at radius 1 is 1.46 bits per heavy atom. The summed E-state index contributed by atoms with van der Waals surface area (Å²) in [7, 11) is 2.02. The maximum Gasteiger partial charge on any atom is 0.0435 e. The van der Waals surface area contributed by atoms with Gasteiger partial charge in [-0.05, 0) is 36.7 Å². The van der Waals surface area contributed by atoms with E-state index < -0.39 is 0 Å². The lowest BCUT2D eigenvalue weighted by Crippen LogP contribution is -2.09. The molecule has 0 heterocycles. The van der Waals surface area contributed by atoms with E-state index in [1.807, 2.05) is 13.2 Å². The Morgan fingerprint density at radius 3 is 2.69 bits per heavy atom. The molecule has 0 aliphatic rings. The van der Waals surface area contributed by atoms with Crippen LogP contribution in [0, 0.1) is 6.92 Å². The lowest BCUT2D eigenvalue weighted by atomic mass is 10.0. The number of hydrogen-bond acceptors (Lipinski definition) is 1. The second-order valence-corrected chi connectivity index (χ2v) is 3.21. The normalized spacial score (nSPS) is 9.77. The topological polar surface area (TPSA) is 3.24 Å². The smallest absolute Gasteiger partial charge is 0.0435 e. The first kappa shape index (κ1) is 9.85. The van der Waals surface area contributed by atoms with Gasteiger partial charge in [-0.15, -0.1) is 0 Å². The van der Waals surface area contributed by atoms with Gasteiger partial charge in [0.1, 0.15) is 0 Å². The molecule has 13 heavy (non-hydrogen) atoms. The Morgan fingerprint density at radius 2 is 2.15 bits per heavy atom. The molecule has 0 radical (unpaired) electrons. The molecule has 0 bridgehead atoms. The van der Waals surface area contributed by atoms with Crippen LogP contribution in [0.2, 0.25) is 0 Å². The average Bonchev–Trinajstić information content (AvgIpc) is 2.17. The monoisotopic (exact) mass is 175 g/mol. The molecule has 0 atom stereocenters. The molecule has 0 saturated heterocycles. The lowest BCUT2D eigenvalue weighted by Gasteiger charge is -2.18. The summed E-state index contributed by atoms with van der Waals surface area (Å²) < 4.78 is 0. The van der Waals surface area contributed by atoms with Crippen LogP contribution in [0.4, 0.5) is 5.69 Å². The van der Waals surface area contributed by atoms with Crippen molar-refractivity contribution in [2.45, 2.75) is 20.3 Å². The van der Waals surface area contributed by atoms with Crippen LogP contribution in [0.15, 0.2) is 31.0 Å². The van der Waals surface area contributed by atoms with Crippen LogP contribution in [-0.2, 0) is 6.42 Å². The van der Waals surface area contributed by atoms with Crippen molar-refractivity contribution in [3.05, 3.63) is 42.1 Å². The number of aryl methyl sites for hydroxylation is 1. The predicted molar refractivity (Wildman–Crippen MR) is 59.2 cm³/mol. The summed E-state index contributed by atoms with van der Waals surface area (Å²) in [5.74, 6) is 0. The molecule has 1 rings (SSSR count). The summed E-state index contributed by atoms with van der Waals surface area (Å²) in [6.07, 6.45) is 2.92. The number of nitrogens with zero attached hydrogens (tertiary/aromatic N) is 1. The third-order valence-electron chi connectivity index (χ3n) is 2.45. The van der Waals surface area contributed by atoms with Crippen LogP contribution in [0.3, 0.4) is 0 Å². The van der Waals surface area contributed by atoms with Crippen LogP contribution in [0.25, 0.3) is 0 Å². The minimum atomic E-state index is 1.09. The van der Waals surface area contributed by atoms with Gasteiger partial charge in [0.05, 0.1) is 0 Å². The average molecular weight is 175 g/mol. The van der Waals surface area contributed by atoms with E-state index in [9.17, 15) is 0 Å². The Balaban J connectivity index is 3.14. The molecule has 1 aromatic carbocycles. The van der Waals surface area contributed by atoms with Gasteiger partial charge in [-0.2, -0.15) is 0 Å². The van der Waals surface area contributed by atoms with Crippen molar-refractivity contribution in [1.29, 1.82) is 0 Å². The lowest BCUT2D eigenvalue weighted by molar-refractivity contribution is 1.09. The van der Waals surface area contributed by atoms with Crippen LogP contribution in [-0.4, -0.2) is 7.05 Å². The molecule has 0 N–H and O–H groups in total. The molecule has 0 saturated carbocycles. The summed E-state index contributed by atoms with van der Waals surface area (Å²) in [6.45, 7) is 8.10. The van der Waals surface area contributed by atoms with Gasteiger partial charge in [0.25, 0.3) is 0 Å². The predicted octanol–water partition coefficient (Wildman–Crippen LogP) is 3.14. The first-order chi connectivity index (χ1) is 6.20. The summed E-state index contributed by atoms with van der Waals surface area (Å²) in [6, 6.07) is 6.40. The highest BCUT2D eigenvalue weighted by atomic mass is 15.1. The zero-order valence-electron chi connectivity index (χ0n) is 8.67. The zero-order chi connectivity index (χ0) is 9.84. The van der Waals surface area contributed by atoms with Crippen molar-refractivity contribution in [3.63, 3.8) is 0 Å². The number of benzene rings is 1. The highest BCUT2D eigenvalue weighted by Crippen LogP contribution is 2.22. The molecule has 1 heteroatoms. The maximum absolute atomic E-state index is 3.76. The molecule has 0 aliphatic heterocycles. The van der Waals surface area contributed by atoms with Crippen LogP contribution in [0.1, 0.15) is 18.1 Å². The van der Waals surface area contributed by atoms with Gasteiger partial charge in [-0.25, -0.2) is 0 Å². The largest absolute Gasteiger partial charge is 0.351 e. The van der Waals surface area contributed by atoms with Crippen molar-refractivity contribution in [1.82, 2.24) is 0 Å². The highest BCUT2D eigenvalue weighted by molar-refractivity contribution is 5.57. The van der Waals surface area contributed by atoms with Gasteiger partial charge in [0.15, 0.2) is 0 Å². The van der Waals surface area contributed by atoms with Crippen molar-refractivity contribution < 1.29 is 0 Å². The number of rotatable bonds is 3. The SMILES string of the molecule is C=CN(C)c1cccc(CC)c1C. The third kappa shape index (κ3) is 1.92. The Hall–Kier alpha value is -1.24. The van der Waals surface area contributed by atoms with Gasteiger partial charge >= 0.3 is 0 Å². The fraction of sp³-hybridized carbons (Fsp3) is 0.333. The van der Waals surface area contributed by atoms with Crippen LogP contribution < -0.4 is 4.90 Å². The molecular formula is C12H17N. The zero-order valence-corrected chi connectivity index (χ0v) is 8.67. The van der Waals surface area contributed by atoms with E-state index in [1.165, 1.54) is 16.8 Å². The molecule has 1 nitrogen and oxygen atoms in total. The van der Waals surface area contributed by atoms with E-state index >= 15 is 0 Å². The molecule has 0 spiro atoms. The van der Waals surface area contributed by atoms with Gasteiger partial charge in [-0.3, -0.25) is 0 Å². The van der Waals surface area contributed by atoms with Gasteiger partial charge in [0.2, 0.25) is 0 Å². The fourth-order valence-corrected chi connectivity index (χ4v) is 1.53. The van der Waals surface area contributed by atoms with Crippen molar-refractivity contribution >= 4 is 5.69 Å². The number of hydrogen-bond donors (Lipinski definition) is 0. The minimum absolute atomic E-state index is 1.09. The second kappa shape index (κ2) is 4.13. The number of anilines is 1. The fourth-order valence-electron chi connectivity index (χ4n) is 1.53. The summed E-state index contributed by atoms with van der Waals surface area (Å²) in [5.41, 5.74) is 4.01. The van der Waals surface area contributed by atoms with E-state index in [1.54, 1.807) is 0 Å². The molecule has 0 amide bonds. The molecule has 0 fully saturated rings. The third-order valence-corrected chi connectivity index (χ3v) is 2.45. The van der Waals surface area contributed by atoms with Crippen LogP contribution in [0.5, 0.6) is 0 Å². The van der Waals surface area contributed by atoms with Gasteiger partial charge in [-0.1, -0.05) is 25.6 Å². The van der Waals surface area contributed by atoms with E-state index in [0.717, 1.165) is 6.42 Å². The molecule has 70 valence electrons. The Labute approximate surface area is 80.7 Å². The van der Waals surface area contributed by atoms with Gasteiger partial charge < -0.3 is 4.90 Å².